The van der Waals surface area contributed by atoms with Gasteiger partial charge in [-0.1, -0.05) is 29.6 Å². The Morgan fingerprint density at radius 2 is 2.12 bits per heavy atom. The molecule has 2 aliphatic heterocycles. The van der Waals surface area contributed by atoms with Crippen molar-refractivity contribution in [3.63, 3.8) is 0 Å². The SMILES string of the molecule is O=C(O)CSc1nc(SCC2=C(C(=O)O)N3C(=O)C(NC(=O)Cc4cccs4)[C@@H]3SC2)n[nH]1. The van der Waals surface area contributed by atoms with Crippen molar-refractivity contribution in [1.82, 2.24) is 25.4 Å². The van der Waals surface area contributed by atoms with Gasteiger partial charge >= 0.3 is 11.9 Å². The highest BCUT2D eigenvalue weighted by Gasteiger charge is 2.54. The number of carboxylic acid groups (broad SMARTS) is 2. The van der Waals surface area contributed by atoms with Crippen molar-refractivity contribution in [1.29, 1.82) is 0 Å². The van der Waals surface area contributed by atoms with E-state index in [0.29, 0.717) is 21.6 Å². The lowest BCUT2D eigenvalue weighted by atomic mass is 10.0. The van der Waals surface area contributed by atoms with Crippen LogP contribution in [0.2, 0.25) is 0 Å². The van der Waals surface area contributed by atoms with E-state index in [4.69, 9.17) is 5.11 Å². The predicted molar refractivity (Wildman–Crippen MR) is 123 cm³/mol. The molecule has 1 saturated heterocycles. The molecule has 2 aliphatic rings. The van der Waals surface area contributed by atoms with E-state index in [1.165, 1.54) is 39.8 Å². The van der Waals surface area contributed by atoms with Crippen molar-refractivity contribution in [2.24, 2.45) is 0 Å². The maximum absolute atomic E-state index is 12.7. The number of carboxylic acids is 2. The van der Waals surface area contributed by atoms with E-state index in [0.717, 1.165) is 16.6 Å². The molecule has 0 radical (unpaired) electrons. The number of thiophene rings is 1. The second-order valence-electron chi connectivity index (χ2n) is 6.86. The van der Waals surface area contributed by atoms with Gasteiger partial charge in [-0.2, -0.15) is 4.98 Å². The van der Waals surface area contributed by atoms with Crippen molar-refractivity contribution < 1.29 is 29.4 Å². The summed E-state index contributed by atoms with van der Waals surface area (Å²) in [6, 6.07) is 2.93. The molecule has 0 aromatic carbocycles. The van der Waals surface area contributed by atoms with Crippen LogP contribution in [0, 0.1) is 0 Å². The number of H-pyrrole nitrogens is 1. The molecule has 2 atom stereocenters. The Morgan fingerprint density at radius 3 is 2.82 bits per heavy atom. The number of carbonyl (C=O) groups is 4. The standard InChI is InChI=1S/C18H17N5O6S4/c24-10(4-9-2-1-3-30-9)19-12-14(27)23-13(16(28)29)8(5-31-15(12)23)6-32-17-20-18(22-21-17)33-7-11(25)26/h1-3,12,15H,4-7H2,(H,19,24)(H,25,26)(H,28,29)(H,20,21,22)/t12?,15-/m0/s1. The van der Waals surface area contributed by atoms with Gasteiger partial charge in [-0.15, -0.1) is 28.2 Å². The first-order chi connectivity index (χ1) is 15.8. The Balaban J connectivity index is 1.39. The zero-order valence-corrected chi connectivity index (χ0v) is 20.0. The minimum Gasteiger partial charge on any atom is -0.481 e. The van der Waals surface area contributed by atoms with E-state index in [1.54, 1.807) is 0 Å². The van der Waals surface area contributed by atoms with Gasteiger partial charge in [0.25, 0.3) is 5.91 Å². The van der Waals surface area contributed by atoms with Gasteiger partial charge in [0.2, 0.25) is 11.1 Å². The van der Waals surface area contributed by atoms with Crippen molar-refractivity contribution >= 4 is 70.4 Å². The number of rotatable bonds is 10. The van der Waals surface area contributed by atoms with Gasteiger partial charge < -0.3 is 15.5 Å². The fraction of sp³-hybridized carbons (Fsp3) is 0.333. The summed E-state index contributed by atoms with van der Waals surface area (Å²) in [5, 5.41) is 29.9. The molecule has 2 amide bonds. The molecule has 15 heteroatoms. The zero-order valence-electron chi connectivity index (χ0n) is 16.7. The molecule has 0 bridgehead atoms. The highest BCUT2D eigenvalue weighted by Crippen LogP contribution is 2.41. The zero-order chi connectivity index (χ0) is 23.5. The molecule has 2 aromatic heterocycles. The monoisotopic (exact) mass is 527 g/mol. The third kappa shape index (κ3) is 5.37. The highest BCUT2D eigenvalue weighted by atomic mass is 32.2. The van der Waals surface area contributed by atoms with Crippen LogP contribution in [0.1, 0.15) is 4.88 Å². The van der Waals surface area contributed by atoms with Gasteiger partial charge in [0.1, 0.15) is 17.1 Å². The number of β-lactam (4-membered cyclic amide) rings is 1. The number of carbonyl (C=O) groups excluding carboxylic acids is 2. The Kier molecular flexibility index (Phi) is 7.31. The summed E-state index contributed by atoms with van der Waals surface area (Å²) in [6.07, 6.45) is 0.172. The largest absolute Gasteiger partial charge is 0.481 e. The first kappa shape index (κ1) is 23.7. The highest BCUT2D eigenvalue weighted by molar-refractivity contribution is 8.01. The summed E-state index contributed by atoms with van der Waals surface area (Å²) in [7, 11) is 0. The third-order valence-electron chi connectivity index (χ3n) is 4.63. The van der Waals surface area contributed by atoms with E-state index in [1.807, 2.05) is 17.5 Å². The number of hydrogen-bond acceptors (Lipinski definition) is 10. The molecule has 0 spiro atoms. The minimum absolute atomic E-state index is 0.0731. The Bertz CT molecular complexity index is 1120. The van der Waals surface area contributed by atoms with Gasteiger partial charge in [-0.25, -0.2) is 4.79 Å². The van der Waals surface area contributed by atoms with Crippen LogP contribution in [0.4, 0.5) is 0 Å². The third-order valence-corrected chi connectivity index (χ3v) is 8.63. The molecule has 1 unspecified atom stereocenters. The number of aromatic nitrogens is 3. The molecule has 2 aromatic rings. The molecule has 174 valence electrons. The Hall–Kier alpha value is -2.49. The van der Waals surface area contributed by atoms with E-state index >= 15 is 0 Å². The average Bonchev–Trinajstić information content (AvgIpc) is 3.45. The lowest BCUT2D eigenvalue weighted by Gasteiger charge is -2.49. The fourth-order valence-electron chi connectivity index (χ4n) is 3.23. The fourth-order valence-corrected chi connectivity index (χ4v) is 6.80. The van der Waals surface area contributed by atoms with Crippen LogP contribution in [0.3, 0.4) is 0 Å². The molecule has 11 nitrogen and oxygen atoms in total. The van der Waals surface area contributed by atoms with Crippen molar-refractivity contribution in [3.05, 3.63) is 33.7 Å². The molecule has 4 heterocycles. The van der Waals surface area contributed by atoms with Gasteiger partial charge in [0.05, 0.1) is 12.2 Å². The van der Waals surface area contributed by atoms with E-state index < -0.39 is 29.3 Å². The van der Waals surface area contributed by atoms with Gasteiger partial charge in [0.15, 0.2) is 5.16 Å². The number of thioether (sulfide) groups is 3. The summed E-state index contributed by atoms with van der Waals surface area (Å²) in [6.45, 7) is 0. The number of nitrogens with zero attached hydrogens (tertiary/aromatic N) is 3. The molecular formula is C18H17N5O6S4. The molecule has 0 saturated carbocycles. The van der Waals surface area contributed by atoms with Gasteiger partial charge in [-0.05, 0) is 17.0 Å². The number of amides is 2. The van der Waals surface area contributed by atoms with Crippen LogP contribution in [0.25, 0.3) is 0 Å². The van der Waals surface area contributed by atoms with Crippen LogP contribution in [-0.2, 0) is 25.6 Å². The van der Waals surface area contributed by atoms with Crippen LogP contribution < -0.4 is 5.32 Å². The van der Waals surface area contributed by atoms with Crippen molar-refractivity contribution in [3.8, 4) is 0 Å². The molecule has 4 N–H and O–H groups in total. The lowest BCUT2D eigenvalue weighted by molar-refractivity contribution is -0.150. The van der Waals surface area contributed by atoms with Crippen molar-refractivity contribution in [2.45, 2.75) is 28.1 Å². The van der Waals surface area contributed by atoms with Crippen LogP contribution in [0.5, 0.6) is 0 Å². The first-order valence-electron chi connectivity index (χ1n) is 9.45. The number of fused-ring (bicyclic) bond motifs is 1. The quantitative estimate of drug-likeness (QED) is 0.258. The summed E-state index contributed by atoms with van der Waals surface area (Å²) in [5.74, 6) is -2.44. The van der Waals surface area contributed by atoms with Gasteiger partial charge in [0, 0.05) is 16.4 Å². The summed E-state index contributed by atoms with van der Waals surface area (Å²) < 4.78 is 0. The normalized spacial score (nSPS) is 19.8. The van der Waals surface area contributed by atoms with E-state index in [2.05, 4.69) is 20.5 Å². The van der Waals surface area contributed by atoms with E-state index in [-0.39, 0.29) is 29.5 Å². The topological polar surface area (TPSA) is 166 Å². The predicted octanol–water partition coefficient (Wildman–Crippen LogP) is 1.12. The summed E-state index contributed by atoms with van der Waals surface area (Å²) >= 11 is 5.03. The second-order valence-corrected chi connectivity index (χ2v) is 10.9. The molecule has 1 fully saturated rings. The Morgan fingerprint density at radius 1 is 1.30 bits per heavy atom. The number of hydrogen-bond donors (Lipinski definition) is 4. The smallest absolute Gasteiger partial charge is 0.352 e. The van der Waals surface area contributed by atoms with Crippen LogP contribution >= 0.6 is 46.6 Å². The van der Waals surface area contributed by atoms with E-state index in [9.17, 15) is 24.3 Å². The Labute approximate surface area is 203 Å². The maximum atomic E-state index is 12.7. The summed E-state index contributed by atoms with van der Waals surface area (Å²) in [4.78, 5) is 53.9. The molecule has 4 rings (SSSR count). The van der Waals surface area contributed by atoms with Crippen LogP contribution in [-0.4, -0.2) is 82.7 Å². The first-order valence-corrected chi connectivity index (χ1v) is 13.3. The average molecular weight is 528 g/mol. The van der Waals surface area contributed by atoms with Gasteiger partial charge in [-0.3, -0.25) is 24.4 Å². The summed E-state index contributed by atoms with van der Waals surface area (Å²) in [5.41, 5.74) is 0.478. The number of aliphatic carboxylic acids is 2. The number of aromatic amines is 1. The maximum Gasteiger partial charge on any atom is 0.352 e. The molecule has 33 heavy (non-hydrogen) atoms. The second kappa shape index (κ2) is 10.2. The van der Waals surface area contributed by atoms with Crippen molar-refractivity contribution in [2.75, 3.05) is 17.3 Å². The lowest BCUT2D eigenvalue weighted by Crippen LogP contribution is -2.70. The minimum atomic E-state index is -1.21. The number of nitrogens with one attached hydrogen (secondary N) is 2. The molecular weight excluding hydrogens is 510 g/mol. The van der Waals surface area contributed by atoms with Crippen LogP contribution in [0.15, 0.2) is 39.1 Å². The molecule has 0 aliphatic carbocycles.